The van der Waals surface area contributed by atoms with Gasteiger partial charge in [-0.2, -0.15) is 0 Å². The summed E-state index contributed by atoms with van der Waals surface area (Å²) in [5.41, 5.74) is 1.29. The third-order valence-electron chi connectivity index (χ3n) is 2.44. The minimum Gasteiger partial charge on any atom is -0.393 e. The van der Waals surface area contributed by atoms with Gasteiger partial charge in [0.1, 0.15) is 0 Å². The SMILES string of the molecule is CNC(=O)Nc1ccc(NC(=O)CCC(C)O)cc1. The first-order valence-corrected chi connectivity index (χ1v) is 6.08. The Hall–Kier alpha value is -2.08. The van der Waals surface area contributed by atoms with Gasteiger partial charge in [0, 0.05) is 24.8 Å². The molecule has 0 saturated carbocycles. The van der Waals surface area contributed by atoms with Crippen molar-refractivity contribution >= 4 is 23.3 Å². The molecule has 6 nitrogen and oxygen atoms in total. The van der Waals surface area contributed by atoms with Gasteiger partial charge in [0.25, 0.3) is 0 Å². The predicted molar refractivity (Wildman–Crippen MR) is 74.1 cm³/mol. The minimum absolute atomic E-state index is 0.145. The maximum Gasteiger partial charge on any atom is 0.318 e. The number of amides is 3. The van der Waals surface area contributed by atoms with Gasteiger partial charge in [-0.3, -0.25) is 4.79 Å². The lowest BCUT2D eigenvalue weighted by atomic mass is 10.2. The van der Waals surface area contributed by atoms with Gasteiger partial charge in [0.05, 0.1) is 6.10 Å². The minimum atomic E-state index is -0.482. The summed E-state index contributed by atoms with van der Waals surface area (Å²) in [7, 11) is 1.53. The summed E-state index contributed by atoms with van der Waals surface area (Å²) in [5.74, 6) is -0.145. The van der Waals surface area contributed by atoms with E-state index in [0.29, 0.717) is 17.8 Å². The molecule has 0 aliphatic carbocycles. The van der Waals surface area contributed by atoms with Crippen molar-refractivity contribution in [3.63, 3.8) is 0 Å². The predicted octanol–water partition coefficient (Wildman–Crippen LogP) is 1.54. The van der Waals surface area contributed by atoms with Crippen LogP contribution < -0.4 is 16.0 Å². The molecule has 0 aromatic heterocycles. The molecule has 1 unspecified atom stereocenters. The van der Waals surface area contributed by atoms with Crippen molar-refractivity contribution in [3.05, 3.63) is 24.3 Å². The molecule has 3 amide bonds. The normalized spacial score (nSPS) is 11.5. The summed E-state index contributed by atoms with van der Waals surface area (Å²) in [6.07, 6.45) is 0.225. The second-order valence-electron chi connectivity index (χ2n) is 4.22. The van der Waals surface area contributed by atoms with E-state index < -0.39 is 6.10 Å². The molecular weight excluding hydrogens is 246 g/mol. The van der Waals surface area contributed by atoms with Crippen LogP contribution in [0.3, 0.4) is 0 Å². The first-order valence-electron chi connectivity index (χ1n) is 6.08. The molecule has 1 rings (SSSR count). The average molecular weight is 265 g/mol. The summed E-state index contributed by atoms with van der Waals surface area (Å²) in [6.45, 7) is 1.65. The summed E-state index contributed by atoms with van der Waals surface area (Å²) in [6, 6.07) is 6.49. The maximum absolute atomic E-state index is 11.5. The van der Waals surface area contributed by atoms with Crippen LogP contribution in [0.5, 0.6) is 0 Å². The number of anilines is 2. The Labute approximate surface area is 112 Å². The van der Waals surface area contributed by atoms with E-state index in [0.717, 1.165) is 0 Å². The fourth-order valence-corrected chi connectivity index (χ4v) is 1.39. The van der Waals surface area contributed by atoms with E-state index in [4.69, 9.17) is 5.11 Å². The van der Waals surface area contributed by atoms with E-state index in [2.05, 4.69) is 16.0 Å². The number of nitrogens with one attached hydrogen (secondary N) is 3. The number of hydrogen-bond acceptors (Lipinski definition) is 3. The lowest BCUT2D eigenvalue weighted by Crippen LogP contribution is -2.24. The van der Waals surface area contributed by atoms with Gasteiger partial charge in [-0.1, -0.05) is 0 Å². The van der Waals surface area contributed by atoms with E-state index in [-0.39, 0.29) is 18.4 Å². The highest BCUT2D eigenvalue weighted by Gasteiger charge is 2.05. The molecule has 0 heterocycles. The molecule has 0 aliphatic heterocycles. The van der Waals surface area contributed by atoms with Crippen LogP contribution >= 0.6 is 0 Å². The van der Waals surface area contributed by atoms with Crippen molar-refractivity contribution in [1.82, 2.24) is 5.32 Å². The highest BCUT2D eigenvalue weighted by molar-refractivity contribution is 5.92. The Bertz CT molecular complexity index is 429. The quantitative estimate of drug-likeness (QED) is 0.651. The van der Waals surface area contributed by atoms with Crippen LogP contribution in [0.4, 0.5) is 16.2 Å². The van der Waals surface area contributed by atoms with Crippen molar-refractivity contribution in [2.75, 3.05) is 17.7 Å². The van der Waals surface area contributed by atoms with Crippen LogP contribution in [0.1, 0.15) is 19.8 Å². The molecule has 0 fully saturated rings. The Morgan fingerprint density at radius 2 is 1.68 bits per heavy atom. The largest absolute Gasteiger partial charge is 0.393 e. The number of aliphatic hydroxyl groups is 1. The van der Waals surface area contributed by atoms with E-state index in [1.54, 1.807) is 31.2 Å². The summed E-state index contributed by atoms with van der Waals surface area (Å²) >= 11 is 0. The smallest absolute Gasteiger partial charge is 0.318 e. The fraction of sp³-hybridized carbons (Fsp3) is 0.385. The van der Waals surface area contributed by atoms with Crippen LogP contribution in [-0.4, -0.2) is 30.2 Å². The molecule has 0 bridgehead atoms. The summed E-state index contributed by atoms with van der Waals surface area (Å²) < 4.78 is 0. The fourth-order valence-electron chi connectivity index (χ4n) is 1.39. The van der Waals surface area contributed by atoms with Gasteiger partial charge in [-0.25, -0.2) is 4.79 Å². The molecule has 19 heavy (non-hydrogen) atoms. The second kappa shape index (κ2) is 7.38. The molecule has 104 valence electrons. The van der Waals surface area contributed by atoms with Crippen LogP contribution in [0.2, 0.25) is 0 Å². The van der Waals surface area contributed by atoms with Crippen molar-refractivity contribution in [3.8, 4) is 0 Å². The molecule has 0 saturated heterocycles. The zero-order valence-electron chi connectivity index (χ0n) is 11.1. The molecule has 0 radical (unpaired) electrons. The van der Waals surface area contributed by atoms with Crippen molar-refractivity contribution in [2.45, 2.75) is 25.9 Å². The highest BCUT2D eigenvalue weighted by atomic mass is 16.3. The van der Waals surface area contributed by atoms with Gasteiger partial charge in [0.2, 0.25) is 5.91 Å². The van der Waals surface area contributed by atoms with Crippen molar-refractivity contribution < 1.29 is 14.7 Å². The van der Waals surface area contributed by atoms with Gasteiger partial charge >= 0.3 is 6.03 Å². The first kappa shape index (κ1) is 15.0. The zero-order chi connectivity index (χ0) is 14.3. The Morgan fingerprint density at radius 3 is 2.16 bits per heavy atom. The number of carbonyl (C=O) groups excluding carboxylic acids is 2. The zero-order valence-corrected chi connectivity index (χ0v) is 11.1. The third kappa shape index (κ3) is 5.87. The highest BCUT2D eigenvalue weighted by Crippen LogP contribution is 2.14. The van der Waals surface area contributed by atoms with Gasteiger partial charge < -0.3 is 21.1 Å². The maximum atomic E-state index is 11.5. The Morgan fingerprint density at radius 1 is 1.16 bits per heavy atom. The summed E-state index contributed by atoms with van der Waals surface area (Å²) in [5, 5.41) is 16.9. The summed E-state index contributed by atoms with van der Waals surface area (Å²) in [4.78, 5) is 22.6. The number of hydrogen-bond donors (Lipinski definition) is 4. The third-order valence-corrected chi connectivity index (χ3v) is 2.44. The molecule has 1 atom stereocenters. The van der Waals surface area contributed by atoms with Gasteiger partial charge in [-0.15, -0.1) is 0 Å². The Kier molecular flexibility index (Phi) is 5.81. The lowest BCUT2D eigenvalue weighted by Gasteiger charge is -2.08. The standard InChI is InChI=1S/C13H19N3O3/c1-9(17)3-8-12(18)15-10-4-6-11(7-5-10)16-13(19)14-2/h4-7,9,17H,3,8H2,1-2H3,(H,15,18)(H2,14,16,19). The van der Waals surface area contributed by atoms with Crippen molar-refractivity contribution in [1.29, 1.82) is 0 Å². The first-order chi connectivity index (χ1) is 9.01. The van der Waals surface area contributed by atoms with Crippen LogP contribution in [-0.2, 0) is 4.79 Å². The van der Waals surface area contributed by atoms with E-state index >= 15 is 0 Å². The van der Waals surface area contributed by atoms with E-state index in [9.17, 15) is 9.59 Å². The molecule has 1 aromatic carbocycles. The monoisotopic (exact) mass is 265 g/mol. The van der Waals surface area contributed by atoms with E-state index in [1.807, 2.05) is 0 Å². The number of urea groups is 1. The van der Waals surface area contributed by atoms with Crippen molar-refractivity contribution in [2.24, 2.45) is 0 Å². The average Bonchev–Trinajstić information content (AvgIpc) is 2.38. The van der Waals surface area contributed by atoms with Gasteiger partial charge in [-0.05, 0) is 37.6 Å². The number of carbonyl (C=O) groups is 2. The molecule has 4 N–H and O–H groups in total. The molecule has 0 spiro atoms. The van der Waals surface area contributed by atoms with Gasteiger partial charge in [0.15, 0.2) is 0 Å². The molecular formula is C13H19N3O3. The molecule has 6 heteroatoms. The van der Waals surface area contributed by atoms with Crippen LogP contribution in [0.25, 0.3) is 0 Å². The molecule has 1 aromatic rings. The van der Waals surface area contributed by atoms with Crippen LogP contribution in [0.15, 0.2) is 24.3 Å². The number of rotatable bonds is 5. The second-order valence-corrected chi connectivity index (χ2v) is 4.22. The van der Waals surface area contributed by atoms with Crippen LogP contribution in [0, 0.1) is 0 Å². The van der Waals surface area contributed by atoms with E-state index in [1.165, 1.54) is 7.05 Å². The number of benzene rings is 1. The molecule has 0 aliphatic rings. The Balaban J connectivity index is 2.47. The topological polar surface area (TPSA) is 90.5 Å². The number of aliphatic hydroxyl groups excluding tert-OH is 1. The lowest BCUT2D eigenvalue weighted by molar-refractivity contribution is -0.116.